The number of hydrogen-bond acceptors (Lipinski definition) is 7. The van der Waals surface area contributed by atoms with Gasteiger partial charge in [0.25, 0.3) is 10.1 Å². The van der Waals surface area contributed by atoms with E-state index in [0.29, 0.717) is 11.1 Å². The molecule has 10 heteroatoms. The summed E-state index contributed by atoms with van der Waals surface area (Å²) in [6, 6.07) is 12.0. The molecule has 0 radical (unpaired) electrons. The average Bonchev–Trinajstić information content (AvgIpc) is 3.19. The van der Waals surface area contributed by atoms with Crippen molar-refractivity contribution < 1.29 is 31.7 Å². The predicted octanol–water partition coefficient (Wildman–Crippen LogP) is 2.37. The first-order valence-electron chi connectivity index (χ1n) is 10.5. The van der Waals surface area contributed by atoms with E-state index in [1.165, 1.54) is 17.0 Å². The highest BCUT2D eigenvalue weighted by Gasteiger charge is 2.42. The number of nitrogens with one attached hydrogen (secondary N) is 1. The number of carbonyl (C=O) groups is 3. The largest absolute Gasteiger partial charge is 0.439 e. The van der Waals surface area contributed by atoms with Crippen molar-refractivity contribution in [2.45, 2.75) is 42.9 Å². The van der Waals surface area contributed by atoms with Gasteiger partial charge in [0, 0.05) is 6.42 Å². The van der Waals surface area contributed by atoms with Gasteiger partial charge in [-0.1, -0.05) is 47.9 Å². The molecule has 0 spiro atoms. The van der Waals surface area contributed by atoms with Crippen LogP contribution in [-0.4, -0.2) is 43.8 Å². The van der Waals surface area contributed by atoms with Gasteiger partial charge in [0.05, 0.1) is 11.4 Å². The summed E-state index contributed by atoms with van der Waals surface area (Å²) in [4.78, 5) is 37.1. The SMILES string of the molecule is C#CC(OS(=O)(=O)c1ccc(C)cc1)c1ccc([C@H]2CN([C@H]3CCC(=O)NC3=O)C(=O)O2)cc1. The molecule has 2 saturated heterocycles. The number of nitrogens with zero attached hydrogens (tertiary/aromatic N) is 1. The van der Waals surface area contributed by atoms with Gasteiger partial charge in [0.15, 0.2) is 6.10 Å². The number of piperidine rings is 1. The third-order valence-corrected chi connectivity index (χ3v) is 7.02. The molecule has 9 nitrogen and oxygen atoms in total. The quantitative estimate of drug-likeness (QED) is 0.381. The third-order valence-electron chi connectivity index (χ3n) is 5.72. The second-order valence-electron chi connectivity index (χ2n) is 8.07. The molecular weight excluding hydrogens is 460 g/mol. The summed E-state index contributed by atoms with van der Waals surface area (Å²) in [7, 11) is -4.08. The summed E-state index contributed by atoms with van der Waals surface area (Å²) in [6.45, 7) is 1.98. The van der Waals surface area contributed by atoms with Gasteiger partial charge in [0.1, 0.15) is 12.1 Å². The molecule has 2 fully saturated rings. The minimum Gasteiger partial charge on any atom is -0.439 e. The van der Waals surface area contributed by atoms with Gasteiger partial charge in [-0.3, -0.25) is 19.8 Å². The predicted molar refractivity (Wildman–Crippen MR) is 120 cm³/mol. The van der Waals surface area contributed by atoms with E-state index >= 15 is 0 Å². The van der Waals surface area contributed by atoms with Crippen molar-refractivity contribution in [2.75, 3.05) is 6.54 Å². The van der Waals surface area contributed by atoms with Crippen LogP contribution in [0.5, 0.6) is 0 Å². The Kier molecular flexibility index (Phi) is 6.41. The van der Waals surface area contributed by atoms with E-state index in [4.69, 9.17) is 15.3 Å². The summed E-state index contributed by atoms with van der Waals surface area (Å²) in [5.41, 5.74) is 1.99. The number of cyclic esters (lactones) is 1. The van der Waals surface area contributed by atoms with Crippen LogP contribution in [0.1, 0.15) is 41.7 Å². The molecule has 1 unspecified atom stereocenters. The van der Waals surface area contributed by atoms with Gasteiger partial charge in [0.2, 0.25) is 11.8 Å². The normalized spacial score (nSPS) is 21.5. The van der Waals surface area contributed by atoms with Gasteiger partial charge in [-0.2, -0.15) is 8.42 Å². The number of imide groups is 1. The second-order valence-corrected chi connectivity index (χ2v) is 9.64. The number of amides is 3. The van der Waals surface area contributed by atoms with Crippen molar-refractivity contribution in [3.63, 3.8) is 0 Å². The van der Waals surface area contributed by atoms with Crippen molar-refractivity contribution in [2.24, 2.45) is 0 Å². The fourth-order valence-corrected chi connectivity index (χ4v) is 4.84. The first-order chi connectivity index (χ1) is 16.2. The minimum atomic E-state index is -4.08. The molecule has 2 heterocycles. The van der Waals surface area contributed by atoms with Crippen LogP contribution >= 0.6 is 0 Å². The molecule has 4 rings (SSSR count). The number of benzene rings is 2. The van der Waals surface area contributed by atoms with E-state index in [-0.39, 0.29) is 30.2 Å². The number of hydrogen-bond donors (Lipinski definition) is 1. The third kappa shape index (κ3) is 4.81. The maximum atomic E-state index is 12.6. The lowest BCUT2D eigenvalue weighted by Gasteiger charge is -2.27. The van der Waals surface area contributed by atoms with E-state index < -0.39 is 40.4 Å². The van der Waals surface area contributed by atoms with Gasteiger partial charge < -0.3 is 4.74 Å². The summed E-state index contributed by atoms with van der Waals surface area (Å²) in [5.74, 6) is 1.46. The van der Waals surface area contributed by atoms with Crippen molar-refractivity contribution in [3.05, 3.63) is 65.2 Å². The Hall–Kier alpha value is -3.68. The Bertz CT molecular complexity index is 1260. The summed E-state index contributed by atoms with van der Waals surface area (Å²) in [5, 5.41) is 2.23. The monoisotopic (exact) mass is 482 g/mol. The van der Waals surface area contributed by atoms with Crippen molar-refractivity contribution in [1.82, 2.24) is 10.2 Å². The van der Waals surface area contributed by atoms with Crippen molar-refractivity contribution in [3.8, 4) is 12.3 Å². The van der Waals surface area contributed by atoms with Crippen LogP contribution in [0.3, 0.4) is 0 Å². The number of ether oxygens (including phenoxy) is 1. The van der Waals surface area contributed by atoms with E-state index in [1.807, 2.05) is 6.92 Å². The lowest BCUT2D eigenvalue weighted by Crippen LogP contribution is -2.52. The molecule has 3 atom stereocenters. The fourth-order valence-electron chi connectivity index (χ4n) is 3.84. The van der Waals surface area contributed by atoms with Crippen LogP contribution in [0.15, 0.2) is 53.4 Å². The van der Waals surface area contributed by atoms with Crippen LogP contribution in [-0.2, 0) is 28.6 Å². The van der Waals surface area contributed by atoms with Gasteiger partial charge in [-0.05, 0) is 36.6 Å². The summed E-state index contributed by atoms with van der Waals surface area (Å²) < 4.78 is 35.9. The molecule has 2 aliphatic rings. The average molecular weight is 483 g/mol. The van der Waals surface area contributed by atoms with Gasteiger partial charge in [-0.25, -0.2) is 8.98 Å². The molecule has 176 valence electrons. The standard InChI is InChI=1S/C24H22N2O7S/c1-3-20(33-34(30,31)18-10-4-15(2)5-11-18)16-6-8-17(9-7-16)21-14-26(24(29)32-21)19-12-13-22(27)25-23(19)28/h1,4-11,19-21H,12-14H2,2H3,(H,25,27,28)/t19-,20?,21+/m0/s1. The molecule has 3 amide bonds. The Morgan fingerprint density at radius 1 is 1.12 bits per heavy atom. The topological polar surface area (TPSA) is 119 Å². The number of carbonyl (C=O) groups excluding carboxylic acids is 3. The zero-order valence-electron chi connectivity index (χ0n) is 18.3. The van der Waals surface area contributed by atoms with Crippen LogP contribution in [0.25, 0.3) is 0 Å². The summed E-state index contributed by atoms with van der Waals surface area (Å²) >= 11 is 0. The van der Waals surface area contributed by atoms with E-state index in [1.54, 1.807) is 36.4 Å². The van der Waals surface area contributed by atoms with Crippen LogP contribution in [0.2, 0.25) is 0 Å². The highest BCUT2D eigenvalue weighted by atomic mass is 32.2. The Labute approximate surface area is 197 Å². The molecular formula is C24H22N2O7S. The van der Waals surface area contributed by atoms with Crippen LogP contribution in [0, 0.1) is 19.3 Å². The first kappa shape index (κ1) is 23.5. The Morgan fingerprint density at radius 2 is 1.79 bits per heavy atom. The highest BCUT2D eigenvalue weighted by Crippen LogP contribution is 2.31. The van der Waals surface area contributed by atoms with E-state index in [9.17, 15) is 22.8 Å². The van der Waals surface area contributed by atoms with E-state index in [0.717, 1.165) is 5.56 Å². The molecule has 0 aliphatic carbocycles. The smallest absolute Gasteiger partial charge is 0.411 e. The Morgan fingerprint density at radius 3 is 2.41 bits per heavy atom. The second kappa shape index (κ2) is 9.29. The molecule has 34 heavy (non-hydrogen) atoms. The summed E-state index contributed by atoms with van der Waals surface area (Å²) in [6.07, 6.45) is 3.51. The molecule has 1 N–H and O–H groups in total. The highest BCUT2D eigenvalue weighted by molar-refractivity contribution is 7.86. The lowest BCUT2D eigenvalue weighted by atomic mass is 10.0. The molecule has 2 aromatic carbocycles. The van der Waals surface area contributed by atoms with E-state index in [2.05, 4.69) is 11.2 Å². The molecule has 2 aliphatic heterocycles. The molecule has 0 bridgehead atoms. The first-order valence-corrected chi connectivity index (χ1v) is 12.0. The number of rotatable bonds is 6. The van der Waals surface area contributed by atoms with Crippen molar-refractivity contribution in [1.29, 1.82) is 0 Å². The lowest BCUT2D eigenvalue weighted by molar-refractivity contribution is -0.136. The maximum Gasteiger partial charge on any atom is 0.411 e. The molecule has 0 aromatic heterocycles. The maximum absolute atomic E-state index is 12.6. The van der Waals surface area contributed by atoms with Crippen molar-refractivity contribution >= 4 is 28.0 Å². The molecule has 2 aromatic rings. The van der Waals surface area contributed by atoms with Gasteiger partial charge in [-0.15, -0.1) is 6.42 Å². The number of aryl methyl sites for hydroxylation is 1. The van der Waals surface area contributed by atoms with Gasteiger partial charge >= 0.3 is 6.09 Å². The fraction of sp³-hybridized carbons (Fsp3) is 0.292. The minimum absolute atomic E-state index is 0.00128. The van der Waals surface area contributed by atoms with Crippen LogP contribution in [0.4, 0.5) is 4.79 Å². The Balaban J connectivity index is 1.45. The zero-order valence-corrected chi connectivity index (χ0v) is 19.1. The number of terminal acetylenes is 1. The molecule has 0 saturated carbocycles. The zero-order chi connectivity index (χ0) is 24.5. The van der Waals surface area contributed by atoms with Crippen LogP contribution < -0.4 is 5.32 Å².